The summed E-state index contributed by atoms with van der Waals surface area (Å²) in [7, 11) is -4.18. The number of H-pyrrole nitrogens is 1. The number of aromatic amines is 1. The second kappa shape index (κ2) is 8.83. The van der Waals surface area contributed by atoms with E-state index >= 15 is 0 Å². The van der Waals surface area contributed by atoms with Gasteiger partial charge in [0, 0.05) is 11.3 Å². The standard InChI is InChI=1S/C21H20ClFN6O3S/c1-11(2)10-32-21-16-18(24)27-28-20(16)25-19(26-21)12-6-8-13(9-7-12)29-33(30,31)15-5-3-4-14(22)17(15)23/h3-9,11,29H,10H2,1-2H3,(H3,24,25,26,27,28). The van der Waals surface area contributed by atoms with Crippen LogP contribution in [0.15, 0.2) is 47.4 Å². The van der Waals surface area contributed by atoms with Crippen LogP contribution in [0.3, 0.4) is 0 Å². The van der Waals surface area contributed by atoms with Gasteiger partial charge in [-0.15, -0.1) is 0 Å². The predicted molar refractivity (Wildman–Crippen MR) is 124 cm³/mol. The number of aromatic nitrogens is 4. The third-order valence-electron chi connectivity index (χ3n) is 4.56. The molecule has 2 aromatic heterocycles. The summed E-state index contributed by atoms with van der Waals surface area (Å²) >= 11 is 5.70. The molecule has 4 N–H and O–H groups in total. The van der Waals surface area contributed by atoms with Gasteiger partial charge in [0.2, 0.25) is 5.88 Å². The highest BCUT2D eigenvalue weighted by atomic mass is 35.5. The summed E-state index contributed by atoms with van der Waals surface area (Å²) in [4.78, 5) is 8.34. The molecule has 4 aromatic rings. The smallest absolute Gasteiger partial charge is 0.264 e. The zero-order valence-corrected chi connectivity index (χ0v) is 19.2. The maximum atomic E-state index is 14.2. The average molecular weight is 491 g/mol. The first-order valence-electron chi connectivity index (χ1n) is 9.87. The molecular weight excluding hydrogens is 471 g/mol. The van der Waals surface area contributed by atoms with Gasteiger partial charge in [-0.25, -0.2) is 17.8 Å². The molecule has 172 valence electrons. The first kappa shape index (κ1) is 22.7. The maximum Gasteiger partial charge on any atom is 0.264 e. The number of hydrogen-bond acceptors (Lipinski definition) is 7. The third-order valence-corrected chi connectivity index (χ3v) is 6.25. The molecule has 0 radical (unpaired) electrons. The lowest BCUT2D eigenvalue weighted by Gasteiger charge is -2.11. The molecule has 0 atom stereocenters. The van der Waals surface area contributed by atoms with Gasteiger partial charge in [-0.1, -0.05) is 31.5 Å². The maximum absolute atomic E-state index is 14.2. The van der Waals surface area contributed by atoms with Crippen LogP contribution in [-0.4, -0.2) is 35.2 Å². The fourth-order valence-electron chi connectivity index (χ4n) is 2.98. The largest absolute Gasteiger partial charge is 0.477 e. The Morgan fingerprint density at radius 1 is 1.18 bits per heavy atom. The van der Waals surface area contributed by atoms with Crippen molar-refractivity contribution in [2.45, 2.75) is 18.7 Å². The molecule has 2 aromatic carbocycles. The Morgan fingerprint density at radius 3 is 2.61 bits per heavy atom. The molecule has 0 spiro atoms. The highest BCUT2D eigenvalue weighted by Crippen LogP contribution is 2.30. The van der Waals surface area contributed by atoms with Crippen LogP contribution >= 0.6 is 11.6 Å². The predicted octanol–water partition coefficient (Wildman–Crippen LogP) is 4.23. The summed E-state index contributed by atoms with van der Waals surface area (Å²) in [5, 5.41) is 6.97. The van der Waals surface area contributed by atoms with E-state index in [1.165, 1.54) is 24.3 Å². The minimum absolute atomic E-state index is 0.222. The van der Waals surface area contributed by atoms with Crippen molar-refractivity contribution in [3.8, 4) is 17.3 Å². The van der Waals surface area contributed by atoms with Crippen molar-refractivity contribution in [2.24, 2.45) is 5.92 Å². The van der Waals surface area contributed by atoms with Gasteiger partial charge in [-0.2, -0.15) is 10.1 Å². The van der Waals surface area contributed by atoms with Gasteiger partial charge in [0.05, 0.1) is 11.6 Å². The van der Waals surface area contributed by atoms with Gasteiger partial charge in [0.15, 0.2) is 17.3 Å². The molecule has 4 rings (SSSR count). The van der Waals surface area contributed by atoms with Crippen LogP contribution < -0.4 is 15.2 Å². The SMILES string of the molecule is CC(C)COc1nc(-c2ccc(NS(=O)(=O)c3cccc(Cl)c3F)cc2)nc2n[nH]c(N)c12. The van der Waals surface area contributed by atoms with Crippen LogP contribution in [0.4, 0.5) is 15.9 Å². The molecule has 0 saturated carbocycles. The number of anilines is 2. The number of rotatable bonds is 7. The molecule has 0 amide bonds. The van der Waals surface area contributed by atoms with Gasteiger partial charge in [0.25, 0.3) is 10.0 Å². The second-order valence-electron chi connectivity index (χ2n) is 7.63. The molecule has 0 unspecified atom stereocenters. The molecule has 33 heavy (non-hydrogen) atoms. The van der Waals surface area contributed by atoms with E-state index in [2.05, 4.69) is 24.9 Å². The second-order valence-corrected chi connectivity index (χ2v) is 9.69. The molecule has 0 saturated heterocycles. The van der Waals surface area contributed by atoms with E-state index in [9.17, 15) is 12.8 Å². The van der Waals surface area contributed by atoms with Crippen molar-refractivity contribution in [3.63, 3.8) is 0 Å². The van der Waals surface area contributed by atoms with Crippen LogP contribution in [0.25, 0.3) is 22.4 Å². The quantitative estimate of drug-likeness (QED) is 0.352. The number of halogens is 2. The summed E-state index contributed by atoms with van der Waals surface area (Å²) in [5.41, 5.74) is 7.09. The number of sulfonamides is 1. The number of nitrogens with two attached hydrogens (primary N) is 1. The molecule has 9 nitrogen and oxygen atoms in total. The number of nitrogens with zero attached hydrogens (tertiary/aromatic N) is 3. The van der Waals surface area contributed by atoms with E-state index in [1.807, 2.05) is 13.8 Å². The first-order chi connectivity index (χ1) is 15.7. The topological polar surface area (TPSA) is 136 Å². The fourth-order valence-corrected chi connectivity index (χ4v) is 4.37. The Hall–Kier alpha value is -3.44. The van der Waals surface area contributed by atoms with Crippen molar-refractivity contribution in [3.05, 3.63) is 53.3 Å². The molecule has 0 aliphatic carbocycles. The van der Waals surface area contributed by atoms with Gasteiger partial charge in [-0.3, -0.25) is 9.82 Å². The Morgan fingerprint density at radius 2 is 1.91 bits per heavy atom. The summed E-state index contributed by atoms with van der Waals surface area (Å²) in [6.07, 6.45) is 0. The molecule has 2 heterocycles. The zero-order valence-electron chi connectivity index (χ0n) is 17.6. The van der Waals surface area contributed by atoms with Crippen molar-refractivity contribution < 1.29 is 17.5 Å². The minimum Gasteiger partial charge on any atom is -0.477 e. The molecule has 0 aliphatic heterocycles. The number of fused-ring (bicyclic) bond motifs is 1. The summed E-state index contributed by atoms with van der Waals surface area (Å²) in [5.74, 6) is 0.174. The summed E-state index contributed by atoms with van der Waals surface area (Å²) in [6, 6.07) is 10.0. The van der Waals surface area contributed by atoms with Crippen LogP contribution in [0, 0.1) is 11.7 Å². The van der Waals surface area contributed by atoms with E-state index in [1.54, 1.807) is 12.1 Å². The zero-order chi connectivity index (χ0) is 23.8. The van der Waals surface area contributed by atoms with E-state index in [0.29, 0.717) is 40.7 Å². The van der Waals surface area contributed by atoms with E-state index in [-0.39, 0.29) is 16.6 Å². The first-order valence-corrected chi connectivity index (χ1v) is 11.7. The fraction of sp³-hybridized carbons (Fsp3) is 0.190. The lowest BCUT2D eigenvalue weighted by Crippen LogP contribution is -2.14. The van der Waals surface area contributed by atoms with E-state index < -0.39 is 20.7 Å². The molecule has 12 heteroatoms. The number of nitrogens with one attached hydrogen (secondary N) is 2. The molecule has 0 aliphatic rings. The van der Waals surface area contributed by atoms with E-state index in [4.69, 9.17) is 22.1 Å². The van der Waals surface area contributed by atoms with E-state index in [0.717, 1.165) is 6.07 Å². The number of benzene rings is 2. The van der Waals surface area contributed by atoms with Gasteiger partial charge < -0.3 is 10.5 Å². The molecule has 0 bridgehead atoms. The Labute approximate surface area is 194 Å². The van der Waals surface area contributed by atoms with Crippen LogP contribution in [-0.2, 0) is 10.0 Å². The number of ether oxygens (including phenoxy) is 1. The Bertz CT molecular complexity index is 1420. The highest BCUT2D eigenvalue weighted by molar-refractivity contribution is 7.92. The van der Waals surface area contributed by atoms with Crippen LogP contribution in [0.2, 0.25) is 5.02 Å². The van der Waals surface area contributed by atoms with Gasteiger partial charge in [-0.05, 0) is 42.3 Å². The monoisotopic (exact) mass is 490 g/mol. The lowest BCUT2D eigenvalue weighted by atomic mass is 10.2. The van der Waals surface area contributed by atoms with Crippen molar-refractivity contribution >= 4 is 44.2 Å². The normalized spacial score (nSPS) is 11.8. The van der Waals surface area contributed by atoms with Gasteiger partial charge in [0.1, 0.15) is 16.1 Å². The lowest BCUT2D eigenvalue weighted by molar-refractivity contribution is 0.265. The summed E-state index contributed by atoms with van der Waals surface area (Å²) < 4.78 is 47.5. The summed E-state index contributed by atoms with van der Waals surface area (Å²) in [6.45, 7) is 4.44. The minimum atomic E-state index is -4.18. The average Bonchev–Trinajstić information content (AvgIpc) is 3.15. The molecule has 0 fully saturated rings. The Kier molecular flexibility index (Phi) is 6.09. The van der Waals surface area contributed by atoms with Crippen LogP contribution in [0.5, 0.6) is 5.88 Å². The number of hydrogen-bond donors (Lipinski definition) is 3. The molecular formula is C21H20ClFN6O3S. The highest BCUT2D eigenvalue weighted by Gasteiger charge is 2.21. The van der Waals surface area contributed by atoms with Crippen molar-refractivity contribution in [2.75, 3.05) is 17.1 Å². The Balaban J connectivity index is 1.64. The van der Waals surface area contributed by atoms with Crippen molar-refractivity contribution in [1.82, 2.24) is 20.2 Å². The van der Waals surface area contributed by atoms with Crippen molar-refractivity contribution in [1.29, 1.82) is 0 Å². The van der Waals surface area contributed by atoms with Gasteiger partial charge >= 0.3 is 0 Å². The third kappa shape index (κ3) is 4.69. The number of nitrogen functional groups attached to an aromatic ring is 1. The van der Waals surface area contributed by atoms with Crippen LogP contribution in [0.1, 0.15) is 13.8 Å².